The third-order valence-electron chi connectivity index (χ3n) is 4.90. The number of nitrogens with two attached hydrogens (primary N) is 1. The van der Waals surface area contributed by atoms with E-state index in [0.29, 0.717) is 16.3 Å². The number of carbonyl (C=O) groups excluding carboxylic acids is 3. The number of nitrogens with one attached hydrogen (secondary N) is 1. The maximum absolute atomic E-state index is 12.9. The molecule has 0 spiro atoms. The first-order valence-electron chi connectivity index (χ1n) is 8.95. The van der Waals surface area contributed by atoms with Crippen molar-refractivity contribution in [2.24, 2.45) is 5.73 Å². The van der Waals surface area contributed by atoms with Gasteiger partial charge in [-0.05, 0) is 17.7 Å². The van der Waals surface area contributed by atoms with Crippen LogP contribution in [0.4, 0.5) is 0 Å². The number of nitrogens with zero attached hydrogens (tertiary/aromatic N) is 2. The molecule has 0 radical (unpaired) electrons. The number of nitriles is 1. The van der Waals surface area contributed by atoms with Gasteiger partial charge >= 0.3 is 5.97 Å². The highest BCUT2D eigenvalue weighted by Crippen LogP contribution is 2.49. The normalized spacial score (nSPS) is 20.6. The molecule has 2 heterocycles. The molecule has 2 atom stereocenters. The van der Waals surface area contributed by atoms with Crippen LogP contribution in [0.1, 0.15) is 17.9 Å². The van der Waals surface area contributed by atoms with Gasteiger partial charge in [0.25, 0.3) is 5.91 Å². The number of likely N-dealkylation sites (N-methyl/N-ethyl adjacent to an activating group) is 1. The van der Waals surface area contributed by atoms with Gasteiger partial charge in [0.1, 0.15) is 16.8 Å². The van der Waals surface area contributed by atoms with Crippen molar-refractivity contribution in [2.75, 3.05) is 21.3 Å². The van der Waals surface area contributed by atoms with Crippen LogP contribution >= 0.6 is 11.8 Å². The van der Waals surface area contributed by atoms with Crippen molar-refractivity contribution < 1.29 is 23.9 Å². The fraction of sp³-hybridized carbons (Fsp3) is 0.300. The van der Waals surface area contributed by atoms with Gasteiger partial charge in [0.15, 0.2) is 0 Å². The largest absolute Gasteiger partial charge is 0.497 e. The van der Waals surface area contributed by atoms with E-state index in [4.69, 9.17) is 10.5 Å². The molecule has 0 bridgehead atoms. The monoisotopic (exact) mass is 428 g/mol. The number of carbonyl (C=O) groups is 3. The molecule has 3 N–H and O–H groups in total. The molecule has 0 unspecified atom stereocenters. The molecule has 1 fully saturated rings. The summed E-state index contributed by atoms with van der Waals surface area (Å²) in [5.74, 6) is -1.69. The average molecular weight is 428 g/mol. The molecule has 1 aromatic rings. The van der Waals surface area contributed by atoms with Gasteiger partial charge < -0.3 is 20.5 Å². The molecular weight excluding hydrogens is 408 g/mol. The van der Waals surface area contributed by atoms with Gasteiger partial charge in [-0.1, -0.05) is 23.9 Å². The number of benzene rings is 1. The molecule has 10 heteroatoms. The summed E-state index contributed by atoms with van der Waals surface area (Å²) in [5, 5.41) is 11.9. The standard InChI is InChI=1S/C20H20N4O5S/c1-23-18(26)16-15(10-4-6-11(28-2)7-5-10)12(9-21)17(22)24-19(27)13(30-20(16)24)8-14(25)29-3/h4-7,13,15H,8,22H2,1-3H3,(H,23,26)/t13-,15-/m0/s1. The Kier molecular flexibility index (Phi) is 6.03. The zero-order chi connectivity index (χ0) is 22.0. The lowest BCUT2D eigenvalue weighted by Crippen LogP contribution is -2.39. The fourth-order valence-electron chi connectivity index (χ4n) is 3.41. The number of rotatable bonds is 5. The Hall–Kier alpha value is -3.45. The second-order valence-electron chi connectivity index (χ2n) is 6.48. The van der Waals surface area contributed by atoms with Crippen LogP contribution in [0.5, 0.6) is 5.75 Å². The Balaban J connectivity index is 2.18. The van der Waals surface area contributed by atoms with Crippen LogP contribution in [0.15, 0.2) is 46.3 Å². The SMILES string of the molecule is CNC(=O)C1=C2S[C@@H](CC(=O)OC)C(=O)N2C(N)=C(C#N)[C@@H]1c1ccc(OC)cc1. The van der Waals surface area contributed by atoms with E-state index in [2.05, 4.69) is 16.1 Å². The summed E-state index contributed by atoms with van der Waals surface area (Å²) in [6.45, 7) is 0. The van der Waals surface area contributed by atoms with Crippen molar-refractivity contribution in [1.29, 1.82) is 5.26 Å². The quantitative estimate of drug-likeness (QED) is 0.662. The zero-order valence-corrected chi connectivity index (χ0v) is 17.4. The molecule has 2 aliphatic rings. The predicted molar refractivity (Wildman–Crippen MR) is 109 cm³/mol. The van der Waals surface area contributed by atoms with E-state index in [9.17, 15) is 19.6 Å². The van der Waals surface area contributed by atoms with Crippen molar-refractivity contribution in [1.82, 2.24) is 10.2 Å². The number of allylic oxidation sites excluding steroid dienone is 1. The van der Waals surface area contributed by atoms with Crippen LogP contribution in [-0.2, 0) is 19.1 Å². The molecule has 2 aliphatic heterocycles. The highest BCUT2D eigenvalue weighted by atomic mass is 32.2. The average Bonchev–Trinajstić information content (AvgIpc) is 3.08. The molecule has 30 heavy (non-hydrogen) atoms. The summed E-state index contributed by atoms with van der Waals surface area (Å²) < 4.78 is 9.84. The van der Waals surface area contributed by atoms with Crippen LogP contribution in [0, 0.1) is 11.3 Å². The van der Waals surface area contributed by atoms with Gasteiger partial charge in [0.05, 0.1) is 48.8 Å². The molecule has 1 saturated heterocycles. The number of amides is 2. The van der Waals surface area contributed by atoms with Crippen LogP contribution in [-0.4, -0.2) is 49.2 Å². The summed E-state index contributed by atoms with van der Waals surface area (Å²) in [7, 11) is 4.23. The van der Waals surface area contributed by atoms with Crippen LogP contribution in [0.3, 0.4) is 0 Å². The van der Waals surface area contributed by atoms with Gasteiger partial charge in [-0.3, -0.25) is 19.3 Å². The minimum absolute atomic E-state index is 0.0502. The van der Waals surface area contributed by atoms with Crippen molar-refractivity contribution in [3.8, 4) is 11.8 Å². The minimum Gasteiger partial charge on any atom is -0.497 e. The Labute approximate surface area is 177 Å². The predicted octanol–water partition coefficient (Wildman–Crippen LogP) is 0.951. The Morgan fingerprint density at radius 1 is 1.30 bits per heavy atom. The fourth-order valence-corrected chi connectivity index (χ4v) is 4.73. The highest BCUT2D eigenvalue weighted by Gasteiger charge is 2.48. The summed E-state index contributed by atoms with van der Waals surface area (Å²) in [4.78, 5) is 38.7. The lowest BCUT2D eigenvalue weighted by molar-refractivity contribution is -0.142. The number of methoxy groups -OCH3 is 2. The molecule has 0 aliphatic carbocycles. The lowest BCUT2D eigenvalue weighted by Gasteiger charge is -2.31. The van der Waals surface area contributed by atoms with Crippen LogP contribution in [0.25, 0.3) is 0 Å². The molecule has 3 rings (SSSR count). The van der Waals surface area contributed by atoms with E-state index in [-0.39, 0.29) is 23.4 Å². The molecule has 2 amide bonds. The summed E-state index contributed by atoms with van der Waals surface area (Å²) >= 11 is 1.07. The van der Waals surface area contributed by atoms with Gasteiger partial charge in [0, 0.05) is 7.05 Å². The topological polar surface area (TPSA) is 135 Å². The lowest BCUT2D eigenvalue weighted by atomic mass is 9.82. The van der Waals surface area contributed by atoms with E-state index in [0.717, 1.165) is 16.7 Å². The Morgan fingerprint density at radius 3 is 2.50 bits per heavy atom. The number of fused-ring (bicyclic) bond motifs is 1. The van der Waals surface area contributed by atoms with E-state index in [1.165, 1.54) is 21.3 Å². The first-order chi connectivity index (χ1) is 14.4. The zero-order valence-electron chi connectivity index (χ0n) is 16.6. The molecule has 156 valence electrons. The van der Waals surface area contributed by atoms with Crippen molar-refractivity contribution in [3.63, 3.8) is 0 Å². The molecular formula is C20H20N4O5S. The molecule has 0 aromatic heterocycles. The third-order valence-corrected chi connectivity index (χ3v) is 6.18. The first-order valence-corrected chi connectivity index (χ1v) is 9.83. The Morgan fingerprint density at radius 2 is 1.97 bits per heavy atom. The van der Waals surface area contributed by atoms with Gasteiger partial charge in [-0.2, -0.15) is 5.26 Å². The van der Waals surface area contributed by atoms with Crippen LogP contribution < -0.4 is 15.8 Å². The van der Waals surface area contributed by atoms with Crippen molar-refractivity contribution >= 4 is 29.5 Å². The molecule has 0 saturated carbocycles. The van der Waals surface area contributed by atoms with E-state index in [1.807, 2.05) is 0 Å². The summed E-state index contributed by atoms with van der Waals surface area (Å²) in [5.41, 5.74) is 7.16. The highest BCUT2D eigenvalue weighted by molar-refractivity contribution is 8.04. The smallest absolute Gasteiger partial charge is 0.307 e. The van der Waals surface area contributed by atoms with E-state index in [1.54, 1.807) is 24.3 Å². The number of esters is 1. The van der Waals surface area contributed by atoms with Crippen LogP contribution in [0.2, 0.25) is 0 Å². The van der Waals surface area contributed by atoms with Gasteiger partial charge in [-0.25, -0.2) is 0 Å². The number of ether oxygens (including phenoxy) is 2. The van der Waals surface area contributed by atoms with E-state index >= 15 is 0 Å². The van der Waals surface area contributed by atoms with Crippen molar-refractivity contribution in [2.45, 2.75) is 17.6 Å². The van der Waals surface area contributed by atoms with Gasteiger partial charge in [-0.15, -0.1) is 0 Å². The third kappa shape index (κ3) is 3.48. The van der Waals surface area contributed by atoms with Crippen molar-refractivity contribution in [3.05, 3.63) is 51.8 Å². The van der Waals surface area contributed by atoms with Gasteiger partial charge in [0.2, 0.25) is 5.91 Å². The van der Waals surface area contributed by atoms with E-state index < -0.39 is 29.0 Å². The summed E-state index contributed by atoms with van der Waals surface area (Å²) in [6.07, 6.45) is -0.177. The number of hydrogen-bond donors (Lipinski definition) is 2. The maximum atomic E-state index is 12.9. The summed E-state index contributed by atoms with van der Waals surface area (Å²) in [6, 6.07) is 8.96. The Bertz CT molecular complexity index is 1010. The maximum Gasteiger partial charge on any atom is 0.307 e. The second-order valence-corrected chi connectivity index (χ2v) is 7.67. The molecule has 9 nitrogen and oxygen atoms in total. The number of hydrogen-bond acceptors (Lipinski definition) is 8. The first kappa shape index (κ1) is 21.3. The molecule has 1 aromatic carbocycles. The number of thioether (sulfide) groups is 1. The minimum atomic E-state index is -0.805. The second kappa shape index (κ2) is 8.51.